The summed E-state index contributed by atoms with van der Waals surface area (Å²) in [6.45, 7) is 4.11. The molecule has 2 aliphatic heterocycles. The van der Waals surface area contributed by atoms with Crippen molar-refractivity contribution in [1.29, 1.82) is 0 Å². The highest BCUT2D eigenvalue weighted by atomic mass is 35.5. The third-order valence-corrected chi connectivity index (χ3v) is 6.02. The smallest absolute Gasteiger partial charge is 0.253 e. The second kappa shape index (κ2) is 10.6. The predicted octanol–water partition coefficient (Wildman–Crippen LogP) is 2.47. The number of rotatable bonds is 6. The Hall–Kier alpha value is -1.18. The van der Waals surface area contributed by atoms with Crippen LogP contribution in [0.1, 0.15) is 37.7 Å². The molecule has 7 heteroatoms. The molecule has 3 aliphatic rings. The van der Waals surface area contributed by atoms with Crippen molar-refractivity contribution in [2.75, 3.05) is 31.7 Å². The fraction of sp³-hybridized carbons (Fsp3) is 0.667. The van der Waals surface area contributed by atoms with Crippen molar-refractivity contribution in [3.05, 3.63) is 29.8 Å². The molecule has 1 aromatic rings. The average Bonchev–Trinajstić information content (AvgIpc) is 3.39. The molecule has 1 amide bonds. The second-order valence-corrected chi connectivity index (χ2v) is 7.91. The molecule has 0 aromatic heterocycles. The minimum Gasteiger partial charge on any atom is -0.379 e. The molecule has 0 radical (unpaired) electrons. The van der Waals surface area contributed by atoms with Gasteiger partial charge >= 0.3 is 0 Å². The minimum absolute atomic E-state index is 0. The van der Waals surface area contributed by atoms with E-state index in [-0.39, 0.29) is 24.4 Å². The summed E-state index contributed by atoms with van der Waals surface area (Å²) in [6, 6.07) is 9.11. The number of morpholine rings is 1. The monoisotopic (exact) mass is 409 g/mol. The molecule has 6 nitrogen and oxygen atoms in total. The van der Waals surface area contributed by atoms with E-state index in [2.05, 4.69) is 28.1 Å². The van der Waals surface area contributed by atoms with E-state index in [0.717, 1.165) is 44.8 Å². The molecule has 1 saturated carbocycles. The average molecular weight is 410 g/mol. The summed E-state index contributed by atoms with van der Waals surface area (Å²) in [5.41, 5.74) is 2.04. The topological polar surface area (TPSA) is 71.6 Å². The number of halogens is 1. The van der Waals surface area contributed by atoms with E-state index in [4.69, 9.17) is 9.47 Å². The fourth-order valence-corrected chi connectivity index (χ4v) is 4.60. The van der Waals surface area contributed by atoms with Crippen LogP contribution in [-0.4, -0.2) is 50.5 Å². The van der Waals surface area contributed by atoms with E-state index in [9.17, 15) is 4.79 Å². The maximum Gasteiger partial charge on any atom is 0.253 e. The van der Waals surface area contributed by atoms with Gasteiger partial charge in [-0.2, -0.15) is 0 Å². The van der Waals surface area contributed by atoms with Crippen LogP contribution >= 0.6 is 12.4 Å². The minimum atomic E-state index is -0.295. The lowest BCUT2D eigenvalue weighted by molar-refractivity contribution is -0.124. The van der Waals surface area contributed by atoms with Crippen molar-refractivity contribution in [1.82, 2.24) is 10.6 Å². The number of carbonyl (C=O) groups excluding carboxylic acids is 1. The Balaban J connectivity index is 0.00000225. The molecule has 0 spiro atoms. The molecule has 156 valence electrons. The van der Waals surface area contributed by atoms with Gasteiger partial charge in [-0.05, 0) is 49.3 Å². The number of amides is 1. The maximum atomic E-state index is 12.2. The van der Waals surface area contributed by atoms with Crippen LogP contribution < -0.4 is 16.0 Å². The van der Waals surface area contributed by atoms with Gasteiger partial charge in [-0.15, -0.1) is 12.4 Å². The van der Waals surface area contributed by atoms with E-state index in [1.165, 1.54) is 24.8 Å². The highest BCUT2D eigenvalue weighted by molar-refractivity contribution is 5.94. The lowest BCUT2D eigenvalue weighted by atomic mass is 9.94. The Morgan fingerprint density at radius 1 is 1.18 bits per heavy atom. The van der Waals surface area contributed by atoms with Gasteiger partial charge in [-0.3, -0.25) is 4.79 Å². The van der Waals surface area contributed by atoms with Crippen LogP contribution in [0.15, 0.2) is 24.3 Å². The van der Waals surface area contributed by atoms with Gasteiger partial charge in [0.2, 0.25) is 0 Å². The highest BCUT2D eigenvalue weighted by Gasteiger charge is 2.34. The van der Waals surface area contributed by atoms with Gasteiger partial charge in [0, 0.05) is 37.5 Å². The third kappa shape index (κ3) is 5.45. The van der Waals surface area contributed by atoms with Crippen molar-refractivity contribution in [2.24, 2.45) is 5.92 Å². The summed E-state index contributed by atoms with van der Waals surface area (Å²) in [7, 11) is 0. The summed E-state index contributed by atoms with van der Waals surface area (Å²) in [5, 5.41) is 10.4. The Kier molecular flexibility index (Phi) is 8.11. The van der Waals surface area contributed by atoms with Crippen LogP contribution in [0.25, 0.3) is 0 Å². The summed E-state index contributed by atoms with van der Waals surface area (Å²) in [6.07, 6.45) is 5.24. The zero-order valence-corrected chi connectivity index (χ0v) is 17.1. The molecule has 4 rings (SSSR count). The summed E-state index contributed by atoms with van der Waals surface area (Å²) in [5.74, 6) is 0.601. The molecule has 1 aromatic carbocycles. The van der Waals surface area contributed by atoms with Crippen molar-refractivity contribution in [3.63, 3.8) is 0 Å². The Bertz CT molecular complexity index is 633. The molecule has 4 unspecified atom stereocenters. The van der Waals surface area contributed by atoms with Crippen LogP contribution in [0.4, 0.5) is 5.69 Å². The largest absolute Gasteiger partial charge is 0.379 e. The number of anilines is 1. The predicted molar refractivity (Wildman–Crippen MR) is 112 cm³/mol. The number of carbonyl (C=O) groups is 1. The molecular weight excluding hydrogens is 378 g/mol. The first-order valence-electron chi connectivity index (χ1n) is 10.4. The second-order valence-electron chi connectivity index (χ2n) is 7.91. The quantitative estimate of drug-likeness (QED) is 0.673. The van der Waals surface area contributed by atoms with Gasteiger partial charge in [0.25, 0.3) is 5.91 Å². The van der Waals surface area contributed by atoms with Crippen LogP contribution in [0.3, 0.4) is 0 Å². The summed E-state index contributed by atoms with van der Waals surface area (Å²) in [4.78, 5) is 12.2. The van der Waals surface area contributed by atoms with E-state index in [1.807, 2.05) is 12.1 Å². The first-order valence-corrected chi connectivity index (χ1v) is 10.4. The molecular formula is C21H32ClN3O3. The van der Waals surface area contributed by atoms with Crippen molar-refractivity contribution in [2.45, 2.75) is 56.8 Å². The van der Waals surface area contributed by atoms with Crippen molar-refractivity contribution in [3.8, 4) is 0 Å². The first kappa shape index (κ1) is 21.5. The molecule has 3 N–H and O–H groups in total. The number of nitrogens with one attached hydrogen (secondary N) is 3. The molecule has 2 saturated heterocycles. The zero-order valence-electron chi connectivity index (χ0n) is 16.3. The molecule has 4 atom stereocenters. The number of benzene rings is 1. The lowest BCUT2D eigenvalue weighted by Gasteiger charge is -2.33. The first-order chi connectivity index (χ1) is 13.3. The van der Waals surface area contributed by atoms with Crippen molar-refractivity contribution >= 4 is 24.0 Å². The summed E-state index contributed by atoms with van der Waals surface area (Å²) < 4.78 is 11.1. The van der Waals surface area contributed by atoms with E-state index in [0.29, 0.717) is 24.6 Å². The van der Waals surface area contributed by atoms with Crippen LogP contribution in [0, 0.1) is 5.92 Å². The SMILES string of the molecule is Cl.O=C(Nc1cccc(CNC2CCCC2C2COCCN2)c1)C1CCCO1. The normalized spacial score (nSPS) is 30.0. The standard InChI is InChI=1S/C21H31N3O3.ClH/c25-21(20-8-3-10-27-20)24-16-5-1-4-15(12-16)13-23-18-7-2-6-17(18)19-14-26-11-9-22-19;/h1,4-5,12,17-20,22-23H,2-3,6-11,13-14H2,(H,24,25);1H. The number of hydrogen-bond acceptors (Lipinski definition) is 5. The van der Waals surface area contributed by atoms with Crippen LogP contribution in [0.2, 0.25) is 0 Å². The Morgan fingerprint density at radius 2 is 2.11 bits per heavy atom. The van der Waals surface area contributed by atoms with E-state index < -0.39 is 0 Å². The van der Waals surface area contributed by atoms with Crippen molar-refractivity contribution < 1.29 is 14.3 Å². The number of hydrogen-bond donors (Lipinski definition) is 3. The molecule has 0 bridgehead atoms. The Morgan fingerprint density at radius 3 is 2.89 bits per heavy atom. The molecule has 1 aliphatic carbocycles. The van der Waals surface area contributed by atoms with Gasteiger partial charge in [0.1, 0.15) is 6.10 Å². The lowest BCUT2D eigenvalue weighted by Crippen LogP contribution is -2.50. The fourth-order valence-electron chi connectivity index (χ4n) is 4.60. The molecule has 28 heavy (non-hydrogen) atoms. The van der Waals surface area contributed by atoms with Gasteiger partial charge in [-0.1, -0.05) is 18.6 Å². The van der Waals surface area contributed by atoms with Gasteiger partial charge in [0.15, 0.2) is 0 Å². The molecule has 2 heterocycles. The number of ether oxygens (including phenoxy) is 2. The molecule has 3 fully saturated rings. The van der Waals surface area contributed by atoms with Crippen LogP contribution in [0.5, 0.6) is 0 Å². The third-order valence-electron chi connectivity index (χ3n) is 6.02. The zero-order chi connectivity index (χ0) is 18.5. The van der Waals surface area contributed by atoms with Gasteiger partial charge < -0.3 is 25.4 Å². The van der Waals surface area contributed by atoms with Crippen LogP contribution in [-0.2, 0) is 20.8 Å². The van der Waals surface area contributed by atoms with Gasteiger partial charge in [0.05, 0.1) is 13.2 Å². The van der Waals surface area contributed by atoms with Gasteiger partial charge in [-0.25, -0.2) is 0 Å². The van der Waals surface area contributed by atoms with E-state index >= 15 is 0 Å². The highest BCUT2D eigenvalue weighted by Crippen LogP contribution is 2.30. The Labute approximate surface area is 173 Å². The maximum absolute atomic E-state index is 12.2. The van der Waals surface area contributed by atoms with E-state index in [1.54, 1.807) is 0 Å². The summed E-state index contributed by atoms with van der Waals surface area (Å²) >= 11 is 0.